The number of ether oxygens (including phenoxy) is 1. The third-order valence-electron chi connectivity index (χ3n) is 4.40. The molecule has 0 radical (unpaired) electrons. The van der Waals surface area contributed by atoms with Gasteiger partial charge in [0, 0.05) is 36.7 Å². The second kappa shape index (κ2) is 8.16. The summed E-state index contributed by atoms with van der Waals surface area (Å²) in [6.07, 6.45) is 0.311. The topological polar surface area (TPSA) is 58.6 Å². The van der Waals surface area contributed by atoms with Crippen molar-refractivity contribution in [1.29, 1.82) is 0 Å². The Kier molecular flexibility index (Phi) is 5.69. The third-order valence-corrected chi connectivity index (χ3v) is 4.40. The summed E-state index contributed by atoms with van der Waals surface area (Å²) >= 11 is 0. The summed E-state index contributed by atoms with van der Waals surface area (Å²) in [5.74, 6) is -1.91. The number of hydrogen-bond acceptors (Lipinski definition) is 3. The Hall–Kier alpha value is -2.96. The molecule has 7 heteroatoms. The highest BCUT2D eigenvalue weighted by Gasteiger charge is 2.30. The van der Waals surface area contributed by atoms with Gasteiger partial charge in [-0.1, -0.05) is 0 Å². The highest BCUT2D eigenvalue weighted by Crippen LogP contribution is 2.26. The van der Waals surface area contributed by atoms with E-state index >= 15 is 0 Å². The molecule has 0 aromatic heterocycles. The van der Waals surface area contributed by atoms with Crippen LogP contribution in [0, 0.1) is 17.6 Å². The predicted molar refractivity (Wildman–Crippen MR) is 96.8 cm³/mol. The van der Waals surface area contributed by atoms with Crippen molar-refractivity contribution in [2.75, 3.05) is 24.6 Å². The number of amides is 2. The Balaban J connectivity index is 1.57. The molecule has 142 valence electrons. The summed E-state index contributed by atoms with van der Waals surface area (Å²) in [7, 11) is 0. The second-order valence-electron chi connectivity index (χ2n) is 6.34. The van der Waals surface area contributed by atoms with Crippen molar-refractivity contribution in [3.05, 3.63) is 59.7 Å². The van der Waals surface area contributed by atoms with Crippen LogP contribution in [-0.4, -0.2) is 31.5 Å². The Morgan fingerprint density at radius 3 is 2.59 bits per heavy atom. The van der Waals surface area contributed by atoms with Crippen LogP contribution in [0.5, 0.6) is 5.75 Å². The van der Waals surface area contributed by atoms with Crippen molar-refractivity contribution < 1.29 is 23.1 Å². The summed E-state index contributed by atoms with van der Waals surface area (Å²) < 4.78 is 31.6. The van der Waals surface area contributed by atoms with E-state index < -0.39 is 17.5 Å². The number of nitrogens with zero attached hydrogens (tertiary/aromatic N) is 1. The van der Waals surface area contributed by atoms with E-state index in [1.165, 1.54) is 6.07 Å². The smallest absolute Gasteiger partial charge is 0.251 e. The molecule has 1 unspecified atom stereocenters. The molecule has 1 aliphatic heterocycles. The normalized spacial score (nSPS) is 16.5. The minimum Gasteiger partial charge on any atom is -0.494 e. The lowest BCUT2D eigenvalue weighted by Gasteiger charge is -2.17. The summed E-state index contributed by atoms with van der Waals surface area (Å²) in [5.41, 5.74) is 0.819. The predicted octanol–water partition coefficient (Wildman–Crippen LogP) is 3.15. The third kappa shape index (κ3) is 4.42. The van der Waals surface area contributed by atoms with Crippen LogP contribution in [0.25, 0.3) is 0 Å². The second-order valence-corrected chi connectivity index (χ2v) is 6.34. The molecule has 27 heavy (non-hydrogen) atoms. The lowest BCUT2D eigenvalue weighted by atomic mass is 10.1. The quantitative estimate of drug-likeness (QED) is 0.845. The minimum atomic E-state index is -1.07. The summed E-state index contributed by atoms with van der Waals surface area (Å²) in [6, 6.07) is 10.3. The molecule has 0 spiro atoms. The van der Waals surface area contributed by atoms with E-state index in [2.05, 4.69) is 5.32 Å². The molecule has 2 aromatic rings. The molecule has 0 aliphatic carbocycles. The molecule has 0 saturated carbocycles. The first kappa shape index (κ1) is 18.8. The largest absolute Gasteiger partial charge is 0.494 e. The summed E-state index contributed by atoms with van der Waals surface area (Å²) in [6.45, 7) is 3.22. The zero-order valence-electron chi connectivity index (χ0n) is 14.9. The molecule has 0 bridgehead atoms. The van der Waals surface area contributed by atoms with E-state index in [1.54, 1.807) is 4.90 Å². The number of anilines is 1. The number of halogens is 2. The van der Waals surface area contributed by atoms with Gasteiger partial charge in [0.1, 0.15) is 5.75 Å². The van der Waals surface area contributed by atoms with E-state index in [1.807, 2.05) is 31.2 Å². The molecule has 1 aliphatic rings. The lowest BCUT2D eigenvalue weighted by Crippen LogP contribution is -2.31. The standard InChI is InChI=1S/C20H20F2N2O3/c1-2-27-16-6-4-15(5-7-16)24-12-13(9-19(24)25)11-23-20(26)14-3-8-17(21)18(22)10-14/h3-8,10,13H,2,9,11-12H2,1H3,(H,23,26). The number of hydrogen-bond donors (Lipinski definition) is 1. The average Bonchev–Trinajstić information content (AvgIpc) is 3.03. The van der Waals surface area contributed by atoms with Crippen LogP contribution in [0.15, 0.2) is 42.5 Å². The maximum atomic E-state index is 13.2. The fourth-order valence-corrected chi connectivity index (χ4v) is 3.03. The molecule has 1 N–H and O–H groups in total. The summed E-state index contributed by atoms with van der Waals surface area (Å²) in [5, 5.41) is 2.68. The lowest BCUT2D eigenvalue weighted by molar-refractivity contribution is -0.117. The first-order valence-corrected chi connectivity index (χ1v) is 8.74. The Morgan fingerprint density at radius 1 is 1.19 bits per heavy atom. The Morgan fingerprint density at radius 2 is 1.93 bits per heavy atom. The van der Waals surface area contributed by atoms with E-state index in [-0.39, 0.29) is 23.9 Å². The van der Waals surface area contributed by atoms with Gasteiger partial charge in [-0.25, -0.2) is 8.78 Å². The number of nitrogens with one attached hydrogen (secondary N) is 1. The minimum absolute atomic E-state index is 0.0220. The average molecular weight is 374 g/mol. The van der Waals surface area contributed by atoms with Gasteiger partial charge in [-0.15, -0.1) is 0 Å². The fourth-order valence-electron chi connectivity index (χ4n) is 3.03. The van der Waals surface area contributed by atoms with Crippen LogP contribution in [0.3, 0.4) is 0 Å². The maximum Gasteiger partial charge on any atom is 0.251 e. The van der Waals surface area contributed by atoms with Crippen molar-refractivity contribution in [1.82, 2.24) is 5.32 Å². The van der Waals surface area contributed by atoms with Gasteiger partial charge in [0.25, 0.3) is 5.91 Å². The van der Waals surface area contributed by atoms with E-state index in [9.17, 15) is 18.4 Å². The van der Waals surface area contributed by atoms with Crippen molar-refractivity contribution in [2.24, 2.45) is 5.92 Å². The van der Waals surface area contributed by atoms with Crippen LogP contribution in [0.1, 0.15) is 23.7 Å². The zero-order valence-corrected chi connectivity index (χ0v) is 14.9. The first-order valence-electron chi connectivity index (χ1n) is 8.74. The number of carbonyl (C=O) groups is 2. The molecule has 5 nitrogen and oxygen atoms in total. The molecule has 3 rings (SSSR count). The zero-order chi connectivity index (χ0) is 19.4. The SMILES string of the molecule is CCOc1ccc(N2CC(CNC(=O)c3ccc(F)c(F)c3)CC2=O)cc1. The molecule has 2 aromatic carbocycles. The van der Waals surface area contributed by atoms with Gasteiger partial charge >= 0.3 is 0 Å². The molecule has 1 heterocycles. The van der Waals surface area contributed by atoms with Crippen LogP contribution >= 0.6 is 0 Å². The number of carbonyl (C=O) groups excluding carboxylic acids is 2. The van der Waals surface area contributed by atoms with Gasteiger partial charge < -0.3 is 15.0 Å². The summed E-state index contributed by atoms with van der Waals surface area (Å²) in [4.78, 5) is 26.0. The van der Waals surface area contributed by atoms with Gasteiger partial charge in [-0.2, -0.15) is 0 Å². The fraction of sp³-hybridized carbons (Fsp3) is 0.300. The maximum absolute atomic E-state index is 13.2. The van der Waals surface area contributed by atoms with Gasteiger partial charge in [0.2, 0.25) is 5.91 Å². The van der Waals surface area contributed by atoms with E-state index in [4.69, 9.17) is 4.74 Å². The highest BCUT2D eigenvalue weighted by molar-refractivity contribution is 5.96. The van der Waals surface area contributed by atoms with Gasteiger partial charge in [0.05, 0.1) is 6.61 Å². The van der Waals surface area contributed by atoms with Crippen LogP contribution in [-0.2, 0) is 4.79 Å². The molecule has 1 atom stereocenters. The number of benzene rings is 2. The van der Waals surface area contributed by atoms with E-state index in [0.29, 0.717) is 19.6 Å². The van der Waals surface area contributed by atoms with Crippen molar-refractivity contribution in [2.45, 2.75) is 13.3 Å². The first-order chi connectivity index (χ1) is 13.0. The Bertz CT molecular complexity index is 840. The molecule has 2 amide bonds. The molecular weight excluding hydrogens is 354 g/mol. The molecular formula is C20H20F2N2O3. The van der Waals surface area contributed by atoms with Gasteiger partial charge in [0.15, 0.2) is 11.6 Å². The van der Waals surface area contributed by atoms with Crippen LogP contribution < -0.4 is 15.0 Å². The van der Waals surface area contributed by atoms with Crippen molar-refractivity contribution >= 4 is 17.5 Å². The molecule has 1 fully saturated rings. The van der Waals surface area contributed by atoms with Crippen molar-refractivity contribution in [3.63, 3.8) is 0 Å². The van der Waals surface area contributed by atoms with E-state index in [0.717, 1.165) is 23.6 Å². The monoisotopic (exact) mass is 374 g/mol. The van der Waals surface area contributed by atoms with Gasteiger partial charge in [-0.05, 0) is 49.4 Å². The van der Waals surface area contributed by atoms with Crippen LogP contribution in [0.2, 0.25) is 0 Å². The van der Waals surface area contributed by atoms with Crippen LogP contribution in [0.4, 0.5) is 14.5 Å². The Labute approximate surface area is 155 Å². The number of rotatable bonds is 6. The highest BCUT2D eigenvalue weighted by atomic mass is 19.2. The van der Waals surface area contributed by atoms with Gasteiger partial charge in [-0.3, -0.25) is 9.59 Å². The van der Waals surface area contributed by atoms with Crippen molar-refractivity contribution in [3.8, 4) is 5.75 Å². The molecule has 1 saturated heterocycles.